The third-order valence-corrected chi connectivity index (χ3v) is 4.93. The van der Waals surface area contributed by atoms with Crippen LogP contribution in [0.15, 0.2) is 36.4 Å². The topological polar surface area (TPSA) is 37.4 Å². The van der Waals surface area contributed by atoms with Crippen LogP contribution >= 0.6 is 0 Å². The van der Waals surface area contributed by atoms with Crippen molar-refractivity contribution in [1.82, 2.24) is 4.90 Å². The summed E-state index contributed by atoms with van der Waals surface area (Å²) in [5, 5.41) is 0. The lowest BCUT2D eigenvalue weighted by atomic mass is 10.0. The summed E-state index contributed by atoms with van der Waals surface area (Å²) in [6.45, 7) is 4.18. The van der Waals surface area contributed by atoms with Crippen LogP contribution < -0.4 is 0 Å². The van der Waals surface area contributed by atoms with Gasteiger partial charge in [-0.25, -0.2) is 0 Å². The molecule has 0 spiro atoms. The summed E-state index contributed by atoms with van der Waals surface area (Å²) >= 11 is 0. The molecule has 0 aromatic heterocycles. The summed E-state index contributed by atoms with van der Waals surface area (Å²) in [5.41, 5.74) is 1.08. The van der Waals surface area contributed by atoms with Gasteiger partial charge < -0.3 is 0 Å². The number of amides is 2. The number of hydrogen-bond donors (Lipinski definition) is 0. The number of unbranched alkanes of at least 4 members (excludes halogenated alkanes) is 7. The van der Waals surface area contributed by atoms with Gasteiger partial charge in [0.25, 0.3) is 11.8 Å². The number of rotatable bonds is 11. The van der Waals surface area contributed by atoms with Crippen molar-refractivity contribution in [2.24, 2.45) is 0 Å². The fourth-order valence-corrected chi connectivity index (χ4v) is 3.53. The van der Waals surface area contributed by atoms with Crippen molar-refractivity contribution in [3.05, 3.63) is 47.5 Å². The average Bonchev–Trinajstić information content (AvgIpc) is 2.88. The molecular weight excluding hydrogens is 310 g/mol. The van der Waals surface area contributed by atoms with Crippen LogP contribution in [0, 0.1) is 0 Å². The van der Waals surface area contributed by atoms with Crippen LogP contribution in [0.25, 0.3) is 0 Å². The third kappa shape index (κ3) is 5.04. The molecule has 0 saturated carbocycles. The molecular formula is C22H31NO2. The molecule has 1 atom stereocenters. The minimum Gasteiger partial charge on any atom is -0.269 e. The fourth-order valence-electron chi connectivity index (χ4n) is 3.53. The van der Waals surface area contributed by atoms with E-state index in [2.05, 4.69) is 6.92 Å². The molecule has 1 heterocycles. The molecule has 1 aromatic carbocycles. The molecule has 1 unspecified atom stereocenters. The van der Waals surface area contributed by atoms with Gasteiger partial charge in [0.15, 0.2) is 0 Å². The van der Waals surface area contributed by atoms with Gasteiger partial charge in [-0.05, 0) is 25.5 Å². The van der Waals surface area contributed by atoms with Gasteiger partial charge in [-0.2, -0.15) is 0 Å². The number of fused-ring (bicyclic) bond motifs is 1. The van der Waals surface area contributed by atoms with Gasteiger partial charge in [0.1, 0.15) is 0 Å². The molecule has 2 rings (SSSR count). The van der Waals surface area contributed by atoms with Crippen LogP contribution in [0.1, 0.15) is 92.4 Å². The summed E-state index contributed by atoms with van der Waals surface area (Å²) in [6, 6.07) is 7.00. The zero-order valence-electron chi connectivity index (χ0n) is 15.7. The summed E-state index contributed by atoms with van der Waals surface area (Å²) in [6.07, 6.45) is 14.8. The highest BCUT2D eigenvalue weighted by atomic mass is 16.2. The van der Waals surface area contributed by atoms with E-state index in [1.807, 2.05) is 31.2 Å². The molecule has 0 fully saturated rings. The quantitative estimate of drug-likeness (QED) is 0.291. The molecule has 1 aliphatic heterocycles. The van der Waals surface area contributed by atoms with Crippen LogP contribution in [-0.2, 0) is 0 Å². The number of carbonyl (C=O) groups excluding carboxylic acids is 2. The monoisotopic (exact) mass is 341 g/mol. The van der Waals surface area contributed by atoms with Crippen LogP contribution in [0.5, 0.6) is 0 Å². The van der Waals surface area contributed by atoms with E-state index in [1.54, 1.807) is 12.1 Å². The predicted octanol–water partition coefficient (Wildman–Crippen LogP) is 5.76. The van der Waals surface area contributed by atoms with Gasteiger partial charge in [-0.1, -0.05) is 82.6 Å². The van der Waals surface area contributed by atoms with Gasteiger partial charge >= 0.3 is 0 Å². The maximum absolute atomic E-state index is 12.6. The van der Waals surface area contributed by atoms with Gasteiger partial charge in [-0.3, -0.25) is 14.5 Å². The van der Waals surface area contributed by atoms with Crippen LogP contribution in [-0.4, -0.2) is 22.8 Å². The van der Waals surface area contributed by atoms with Gasteiger partial charge in [0.2, 0.25) is 0 Å². The molecule has 0 radical (unpaired) electrons. The Morgan fingerprint density at radius 3 is 1.92 bits per heavy atom. The van der Waals surface area contributed by atoms with E-state index in [0.29, 0.717) is 11.1 Å². The number of hydrogen-bond acceptors (Lipinski definition) is 2. The first-order valence-corrected chi connectivity index (χ1v) is 9.80. The normalized spacial score (nSPS) is 15.2. The Labute approximate surface area is 152 Å². The van der Waals surface area contributed by atoms with Crippen molar-refractivity contribution in [1.29, 1.82) is 0 Å². The van der Waals surface area contributed by atoms with Crippen molar-refractivity contribution in [2.45, 2.75) is 77.7 Å². The Kier molecular flexibility index (Phi) is 7.90. The first-order chi connectivity index (χ1) is 12.2. The van der Waals surface area contributed by atoms with Gasteiger partial charge in [0.05, 0.1) is 17.2 Å². The number of allylic oxidation sites excluding steroid dienone is 1. The molecule has 3 heteroatoms. The second-order valence-electron chi connectivity index (χ2n) is 6.88. The van der Waals surface area contributed by atoms with Gasteiger partial charge in [0, 0.05) is 0 Å². The molecule has 25 heavy (non-hydrogen) atoms. The van der Waals surface area contributed by atoms with Crippen molar-refractivity contribution in [2.75, 3.05) is 0 Å². The highest BCUT2D eigenvalue weighted by Gasteiger charge is 2.38. The highest BCUT2D eigenvalue weighted by molar-refractivity contribution is 6.21. The zero-order chi connectivity index (χ0) is 18.1. The van der Waals surface area contributed by atoms with E-state index in [1.165, 1.54) is 49.8 Å². The standard InChI is InChI=1S/C22H31NO2/c1-3-5-6-7-8-9-10-11-15-18(14-4-2)23-21(24)19-16-12-13-17-20(19)22(23)25/h4,12-14,16-18H,3,5-11,15H2,1-2H3/b14-4-. The minimum atomic E-state index is -0.150. The maximum atomic E-state index is 12.6. The molecule has 1 aliphatic rings. The molecule has 136 valence electrons. The Morgan fingerprint density at radius 2 is 1.40 bits per heavy atom. The van der Waals surface area contributed by atoms with E-state index in [0.717, 1.165) is 12.8 Å². The molecule has 0 N–H and O–H groups in total. The zero-order valence-corrected chi connectivity index (χ0v) is 15.7. The highest BCUT2D eigenvalue weighted by Crippen LogP contribution is 2.27. The van der Waals surface area contributed by atoms with E-state index in [9.17, 15) is 9.59 Å². The largest absolute Gasteiger partial charge is 0.269 e. The van der Waals surface area contributed by atoms with Gasteiger partial charge in [-0.15, -0.1) is 0 Å². The maximum Gasteiger partial charge on any atom is 0.262 e. The molecule has 3 nitrogen and oxygen atoms in total. The van der Waals surface area contributed by atoms with Crippen LogP contribution in [0.4, 0.5) is 0 Å². The van der Waals surface area contributed by atoms with Crippen molar-refractivity contribution in [3.8, 4) is 0 Å². The van der Waals surface area contributed by atoms with Crippen molar-refractivity contribution < 1.29 is 9.59 Å². The smallest absolute Gasteiger partial charge is 0.262 e. The van der Waals surface area contributed by atoms with Crippen molar-refractivity contribution >= 4 is 11.8 Å². The minimum absolute atomic E-state index is 0.127. The van der Waals surface area contributed by atoms with E-state index >= 15 is 0 Å². The number of imide groups is 1. The van der Waals surface area contributed by atoms with E-state index in [-0.39, 0.29) is 17.9 Å². The molecule has 0 aliphatic carbocycles. The second kappa shape index (κ2) is 10.2. The summed E-state index contributed by atoms with van der Waals surface area (Å²) < 4.78 is 0. The molecule has 2 amide bonds. The number of nitrogens with zero attached hydrogens (tertiary/aromatic N) is 1. The third-order valence-electron chi connectivity index (χ3n) is 4.93. The van der Waals surface area contributed by atoms with Crippen LogP contribution in [0.3, 0.4) is 0 Å². The second-order valence-corrected chi connectivity index (χ2v) is 6.88. The lowest BCUT2D eigenvalue weighted by Crippen LogP contribution is -2.38. The first kappa shape index (κ1) is 19.4. The molecule has 0 bridgehead atoms. The number of benzene rings is 1. The summed E-state index contributed by atoms with van der Waals surface area (Å²) in [7, 11) is 0. The lowest BCUT2D eigenvalue weighted by Gasteiger charge is -2.23. The predicted molar refractivity (Wildman–Crippen MR) is 103 cm³/mol. The van der Waals surface area contributed by atoms with Crippen LogP contribution in [0.2, 0.25) is 0 Å². The Hall–Kier alpha value is -1.90. The molecule has 0 saturated heterocycles. The Balaban J connectivity index is 1.85. The summed E-state index contributed by atoms with van der Waals surface area (Å²) in [5.74, 6) is -0.300. The lowest BCUT2D eigenvalue weighted by molar-refractivity contribution is 0.0607. The van der Waals surface area contributed by atoms with Crippen molar-refractivity contribution in [3.63, 3.8) is 0 Å². The molecule has 1 aromatic rings. The van der Waals surface area contributed by atoms with E-state index in [4.69, 9.17) is 0 Å². The fraction of sp³-hybridized carbons (Fsp3) is 0.545. The summed E-state index contributed by atoms with van der Waals surface area (Å²) in [4.78, 5) is 26.7. The Morgan fingerprint density at radius 1 is 0.880 bits per heavy atom. The SMILES string of the molecule is C/C=C\C(CCCCCCCCCC)N1C(=O)c2ccccc2C1=O. The first-order valence-electron chi connectivity index (χ1n) is 9.80. The Bertz CT molecular complexity index is 571. The number of carbonyl (C=O) groups is 2. The average molecular weight is 341 g/mol. The van der Waals surface area contributed by atoms with E-state index < -0.39 is 0 Å².